The first-order valence-corrected chi connectivity index (χ1v) is 4.86. The third-order valence-electron chi connectivity index (χ3n) is 2.79. The molecule has 1 aliphatic heterocycles. The standard InChI is InChI=1S/C11H12FN3/c1-15(8-6-14-7-8)11-4-2-3-10(12)9(11)5-13/h2-4,8,14H,6-7H2,1H3. The molecule has 1 aromatic carbocycles. The van der Waals surface area contributed by atoms with Gasteiger partial charge in [-0.15, -0.1) is 0 Å². The second-order valence-electron chi connectivity index (χ2n) is 3.67. The molecule has 0 radical (unpaired) electrons. The fourth-order valence-corrected chi connectivity index (χ4v) is 1.66. The SMILES string of the molecule is CN(c1cccc(F)c1C#N)C1CNC1. The Balaban J connectivity index is 2.34. The lowest BCUT2D eigenvalue weighted by molar-refractivity contribution is 0.428. The molecule has 2 rings (SSSR count). The van der Waals surface area contributed by atoms with E-state index in [1.54, 1.807) is 12.1 Å². The average molecular weight is 205 g/mol. The number of halogens is 1. The van der Waals surface area contributed by atoms with Gasteiger partial charge in [-0.1, -0.05) is 6.07 Å². The molecule has 0 spiro atoms. The van der Waals surface area contributed by atoms with Gasteiger partial charge < -0.3 is 10.2 Å². The average Bonchev–Trinajstić information content (AvgIpc) is 2.14. The molecule has 15 heavy (non-hydrogen) atoms. The van der Waals surface area contributed by atoms with Crippen molar-refractivity contribution in [2.45, 2.75) is 6.04 Å². The zero-order valence-electron chi connectivity index (χ0n) is 8.50. The van der Waals surface area contributed by atoms with Crippen LogP contribution in [0.1, 0.15) is 5.56 Å². The molecule has 1 aromatic rings. The van der Waals surface area contributed by atoms with E-state index in [0.717, 1.165) is 13.1 Å². The van der Waals surface area contributed by atoms with Gasteiger partial charge in [-0.3, -0.25) is 0 Å². The zero-order valence-corrected chi connectivity index (χ0v) is 8.50. The molecule has 1 saturated heterocycles. The molecule has 4 heteroatoms. The molecule has 3 nitrogen and oxygen atoms in total. The van der Waals surface area contributed by atoms with Gasteiger partial charge in [0.15, 0.2) is 0 Å². The first-order valence-electron chi connectivity index (χ1n) is 4.86. The number of benzene rings is 1. The Morgan fingerprint density at radius 1 is 1.53 bits per heavy atom. The van der Waals surface area contributed by atoms with E-state index in [-0.39, 0.29) is 5.56 Å². The Labute approximate surface area is 88.1 Å². The van der Waals surface area contributed by atoms with E-state index in [0.29, 0.717) is 11.7 Å². The Bertz CT molecular complexity index is 407. The smallest absolute Gasteiger partial charge is 0.143 e. The van der Waals surface area contributed by atoms with E-state index in [4.69, 9.17) is 5.26 Å². The van der Waals surface area contributed by atoms with Crippen molar-refractivity contribution in [1.82, 2.24) is 5.32 Å². The lowest BCUT2D eigenvalue weighted by atomic mass is 10.1. The molecule has 1 aliphatic rings. The van der Waals surface area contributed by atoms with Gasteiger partial charge in [0.25, 0.3) is 0 Å². The summed E-state index contributed by atoms with van der Waals surface area (Å²) in [5, 5.41) is 12.0. The fraction of sp³-hybridized carbons (Fsp3) is 0.364. The van der Waals surface area contributed by atoms with Gasteiger partial charge in [-0.25, -0.2) is 4.39 Å². The summed E-state index contributed by atoms with van der Waals surface area (Å²) in [6.07, 6.45) is 0. The normalized spacial score (nSPS) is 15.5. The molecule has 78 valence electrons. The van der Waals surface area contributed by atoms with Crippen molar-refractivity contribution in [3.05, 3.63) is 29.6 Å². The number of nitrogens with zero attached hydrogens (tertiary/aromatic N) is 2. The number of nitriles is 1. The third-order valence-corrected chi connectivity index (χ3v) is 2.79. The number of nitrogens with one attached hydrogen (secondary N) is 1. The molecule has 0 aromatic heterocycles. The van der Waals surface area contributed by atoms with Crippen molar-refractivity contribution >= 4 is 5.69 Å². The van der Waals surface area contributed by atoms with Crippen LogP contribution in [0, 0.1) is 17.1 Å². The van der Waals surface area contributed by atoms with Crippen LogP contribution in [0.4, 0.5) is 10.1 Å². The van der Waals surface area contributed by atoms with Crippen LogP contribution in [-0.2, 0) is 0 Å². The van der Waals surface area contributed by atoms with Crippen LogP contribution in [0.3, 0.4) is 0 Å². The van der Waals surface area contributed by atoms with Gasteiger partial charge >= 0.3 is 0 Å². The summed E-state index contributed by atoms with van der Waals surface area (Å²) in [6.45, 7) is 1.77. The minimum atomic E-state index is -0.450. The second-order valence-corrected chi connectivity index (χ2v) is 3.67. The van der Waals surface area contributed by atoms with Crippen LogP contribution in [0.25, 0.3) is 0 Å². The summed E-state index contributed by atoms with van der Waals surface area (Å²) in [5.41, 5.74) is 0.802. The molecule has 0 aliphatic carbocycles. The van der Waals surface area contributed by atoms with Crippen LogP contribution >= 0.6 is 0 Å². The Hall–Kier alpha value is -1.60. The maximum absolute atomic E-state index is 13.3. The van der Waals surface area contributed by atoms with Crippen molar-refractivity contribution in [2.75, 3.05) is 25.0 Å². The minimum Gasteiger partial charge on any atom is -0.368 e. The molecule has 0 atom stereocenters. The largest absolute Gasteiger partial charge is 0.368 e. The van der Waals surface area contributed by atoms with Gasteiger partial charge in [-0.05, 0) is 12.1 Å². The predicted octanol–water partition coefficient (Wildman–Crippen LogP) is 1.11. The fourth-order valence-electron chi connectivity index (χ4n) is 1.66. The van der Waals surface area contributed by atoms with Gasteiger partial charge in [-0.2, -0.15) is 5.26 Å². The van der Waals surface area contributed by atoms with Gasteiger partial charge in [0.05, 0.1) is 11.7 Å². The number of hydrogen-bond acceptors (Lipinski definition) is 3. The number of likely N-dealkylation sites (N-methyl/N-ethyl adjacent to an activating group) is 1. The molecular weight excluding hydrogens is 193 g/mol. The highest BCUT2D eigenvalue weighted by atomic mass is 19.1. The maximum atomic E-state index is 13.3. The van der Waals surface area contributed by atoms with Crippen molar-refractivity contribution in [1.29, 1.82) is 5.26 Å². The minimum absolute atomic E-state index is 0.131. The van der Waals surface area contributed by atoms with Gasteiger partial charge in [0.1, 0.15) is 17.4 Å². The summed E-state index contributed by atoms with van der Waals surface area (Å²) in [4.78, 5) is 1.96. The highest BCUT2D eigenvalue weighted by Crippen LogP contribution is 2.23. The van der Waals surface area contributed by atoms with E-state index in [1.165, 1.54) is 6.07 Å². The number of rotatable bonds is 2. The lowest BCUT2D eigenvalue weighted by Crippen LogP contribution is -2.56. The molecule has 1 heterocycles. The molecule has 0 saturated carbocycles. The van der Waals surface area contributed by atoms with Crippen LogP contribution in [-0.4, -0.2) is 26.2 Å². The molecule has 1 fully saturated rings. The third kappa shape index (κ3) is 1.66. The molecule has 1 N–H and O–H groups in total. The van der Waals surface area contributed by atoms with E-state index in [9.17, 15) is 4.39 Å². The van der Waals surface area contributed by atoms with E-state index in [1.807, 2.05) is 18.0 Å². The summed E-state index contributed by atoms with van der Waals surface area (Å²) in [6, 6.07) is 7.00. The highest BCUT2D eigenvalue weighted by molar-refractivity contribution is 5.60. The maximum Gasteiger partial charge on any atom is 0.143 e. The van der Waals surface area contributed by atoms with Crippen molar-refractivity contribution < 1.29 is 4.39 Å². The van der Waals surface area contributed by atoms with Gasteiger partial charge in [0.2, 0.25) is 0 Å². The first-order chi connectivity index (χ1) is 7.24. The summed E-state index contributed by atoms with van der Waals surface area (Å²) in [5.74, 6) is -0.450. The van der Waals surface area contributed by atoms with Crippen molar-refractivity contribution in [2.24, 2.45) is 0 Å². The highest BCUT2D eigenvalue weighted by Gasteiger charge is 2.24. The van der Waals surface area contributed by atoms with Crippen molar-refractivity contribution in [3.63, 3.8) is 0 Å². The van der Waals surface area contributed by atoms with E-state index in [2.05, 4.69) is 5.32 Å². The van der Waals surface area contributed by atoms with E-state index >= 15 is 0 Å². The van der Waals surface area contributed by atoms with E-state index < -0.39 is 5.82 Å². The van der Waals surface area contributed by atoms with Gasteiger partial charge in [0, 0.05) is 20.1 Å². The lowest BCUT2D eigenvalue weighted by Gasteiger charge is -2.37. The second kappa shape index (κ2) is 3.87. The monoisotopic (exact) mass is 205 g/mol. The zero-order chi connectivity index (χ0) is 10.8. The topological polar surface area (TPSA) is 39.1 Å². The molecular formula is C11H12FN3. The summed E-state index contributed by atoms with van der Waals surface area (Å²) in [7, 11) is 1.89. The number of anilines is 1. The van der Waals surface area contributed by atoms with Crippen LogP contribution in [0.5, 0.6) is 0 Å². The van der Waals surface area contributed by atoms with Crippen molar-refractivity contribution in [3.8, 4) is 6.07 Å². The van der Waals surface area contributed by atoms with Crippen LogP contribution in [0.2, 0.25) is 0 Å². The quantitative estimate of drug-likeness (QED) is 0.786. The summed E-state index contributed by atoms with van der Waals surface area (Å²) < 4.78 is 13.3. The molecule has 0 bridgehead atoms. The Kier molecular flexibility index (Phi) is 2.57. The summed E-state index contributed by atoms with van der Waals surface area (Å²) >= 11 is 0. The number of hydrogen-bond donors (Lipinski definition) is 1. The first kappa shape index (κ1) is 9.94. The molecule has 0 amide bonds. The van der Waals surface area contributed by atoms with Crippen LogP contribution < -0.4 is 10.2 Å². The Morgan fingerprint density at radius 2 is 2.27 bits per heavy atom. The van der Waals surface area contributed by atoms with Crippen LogP contribution in [0.15, 0.2) is 18.2 Å². The molecule has 0 unspecified atom stereocenters. The Morgan fingerprint density at radius 3 is 2.80 bits per heavy atom. The predicted molar refractivity (Wildman–Crippen MR) is 56.2 cm³/mol.